The number of likely N-dealkylation sites (N-methyl/N-ethyl adjacent to an activating group) is 1. The molecule has 3 rings (SSSR count). The third-order valence-corrected chi connectivity index (χ3v) is 4.00. The fraction of sp³-hybridized carbons (Fsp3) is 0.467. The van der Waals surface area contributed by atoms with E-state index in [0.717, 1.165) is 19.4 Å². The van der Waals surface area contributed by atoms with E-state index in [4.69, 9.17) is 0 Å². The normalized spacial score (nSPS) is 19.4. The molecule has 19 heavy (non-hydrogen) atoms. The smallest absolute Gasteiger partial charge is 0.0946 e. The van der Waals surface area contributed by atoms with Gasteiger partial charge in [0.1, 0.15) is 0 Å². The van der Waals surface area contributed by atoms with Gasteiger partial charge in [0, 0.05) is 31.1 Å². The number of nitrogens with zero attached hydrogens (tertiary/aromatic N) is 3. The summed E-state index contributed by atoms with van der Waals surface area (Å²) in [5.74, 6) is 0.451. The summed E-state index contributed by atoms with van der Waals surface area (Å²) in [6, 6.07) is 4.54. The molecule has 0 fully saturated rings. The Morgan fingerprint density at radius 1 is 1.53 bits per heavy atom. The molecule has 100 valence electrons. The van der Waals surface area contributed by atoms with E-state index in [-0.39, 0.29) is 0 Å². The van der Waals surface area contributed by atoms with Crippen LogP contribution in [0.3, 0.4) is 0 Å². The summed E-state index contributed by atoms with van der Waals surface area (Å²) in [5, 5.41) is 3.61. The number of hydrogen-bond acceptors (Lipinski definition) is 3. The highest BCUT2D eigenvalue weighted by Crippen LogP contribution is 2.40. The first-order chi connectivity index (χ1) is 9.31. The minimum atomic E-state index is 0.300. The molecule has 0 amide bonds. The van der Waals surface area contributed by atoms with Crippen LogP contribution in [0.5, 0.6) is 0 Å². The van der Waals surface area contributed by atoms with E-state index in [1.807, 2.05) is 24.8 Å². The summed E-state index contributed by atoms with van der Waals surface area (Å²) in [6.45, 7) is 3.10. The minimum Gasteiger partial charge on any atom is -0.336 e. The lowest BCUT2D eigenvalue weighted by atomic mass is 9.94. The highest BCUT2D eigenvalue weighted by atomic mass is 15.1. The molecule has 1 aliphatic rings. The summed E-state index contributed by atoms with van der Waals surface area (Å²) < 4.78 is 2.11. The van der Waals surface area contributed by atoms with Gasteiger partial charge in [-0.2, -0.15) is 0 Å². The van der Waals surface area contributed by atoms with Crippen LogP contribution in [0.4, 0.5) is 0 Å². The van der Waals surface area contributed by atoms with E-state index in [1.165, 1.54) is 17.0 Å². The Labute approximate surface area is 113 Å². The zero-order valence-electron chi connectivity index (χ0n) is 11.5. The van der Waals surface area contributed by atoms with Crippen molar-refractivity contribution in [3.63, 3.8) is 0 Å². The lowest BCUT2D eigenvalue weighted by Gasteiger charge is -2.25. The van der Waals surface area contributed by atoms with Crippen molar-refractivity contribution in [3.05, 3.63) is 47.8 Å². The standard InChI is InChI=1S/C15H20N4/c1-3-17-15(13-9-16-10-19(13)2)12-7-6-11-5-4-8-18-14(11)12/h4-5,8-10,12,15,17H,3,6-7H2,1-2H3. The molecular formula is C15H20N4. The Kier molecular flexibility index (Phi) is 3.34. The third-order valence-electron chi connectivity index (χ3n) is 4.00. The second-order valence-corrected chi connectivity index (χ2v) is 5.16. The van der Waals surface area contributed by atoms with Crippen molar-refractivity contribution >= 4 is 0 Å². The number of aryl methyl sites for hydroxylation is 2. The topological polar surface area (TPSA) is 42.7 Å². The molecule has 0 saturated heterocycles. The number of hydrogen-bond donors (Lipinski definition) is 1. The maximum Gasteiger partial charge on any atom is 0.0946 e. The average Bonchev–Trinajstić information content (AvgIpc) is 3.03. The van der Waals surface area contributed by atoms with Gasteiger partial charge in [0.15, 0.2) is 0 Å². The monoisotopic (exact) mass is 256 g/mol. The summed E-state index contributed by atoms with van der Waals surface area (Å²) >= 11 is 0. The van der Waals surface area contributed by atoms with Gasteiger partial charge in [0.25, 0.3) is 0 Å². The van der Waals surface area contributed by atoms with Crippen LogP contribution in [0.1, 0.15) is 42.3 Å². The van der Waals surface area contributed by atoms with E-state index in [9.17, 15) is 0 Å². The van der Waals surface area contributed by atoms with Crippen molar-refractivity contribution in [1.82, 2.24) is 19.9 Å². The number of rotatable bonds is 4. The third kappa shape index (κ3) is 2.16. The molecule has 0 saturated carbocycles. The fourth-order valence-electron chi connectivity index (χ4n) is 3.11. The highest BCUT2D eigenvalue weighted by molar-refractivity contribution is 5.31. The zero-order valence-corrected chi connectivity index (χ0v) is 11.5. The second kappa shape index (κ2) is 5.13. The average molecular weight is 256 g/mol. The molecule has 2 unspecified atom stereocenters. The quantitative estimate of drug-likeness (QED) is 0.912. The van der Waals surface area contributed by atoms with Gasteiger partial charge in [-0.25, -0.2) is 4.98 Å². The molecule has 2 atom stereocenters. The maximum absolute atomic E-state index is 4.61. The van der Waals surface area contributed by atoms with Crippen molar-refractivity contribution in [3.8, 4) is 0 Å². The second-order valence-electron chi connectivity index (χ2n) is 5.16. The first-order valence-corrected chi connectivity index (χ1v) is 6.94. The van der Waals surface area contributed by atoms with Gasteiger partial charge in [0.05, 0.1) is 18.1 Å². The molecule has 0 spiro atoms. The Hall–Kier alpha value is -1.68. The molecule has 1 N–H and O–H groups in total. The molecule has 1 aliphatic carbocycles. The van der Waals surface area contributed by atoms with Crippen molar-refractivity contribution in [2.45, 2.75) is 31.7 Å². The van der Waals surface area contributed by atoms with Gasteiger partial charge in [-0.1, -0.05) is 13.0 Å². The molecule has 0 bridgehead atoms. The summed E-state index contributed by atoms with van der Waals surface area (Å²) in [4.78, 5) is 8.87. The van der Waals surface area contributed by atoms with E-state index in [1.54, 1.807) is 0 Å². The molecule has 0 aliphatic heterocycles. The maximum atomic E-state index is 4.61. The predicted octanol–water partition coefficient (Wildman–Crippen LogP) is 2.20. The molecule has 2 heterocycles. The van der Waals surface area contributed by atoms with Gasteiger partial charge in [-0.05, 0) is 31.0 Å². The Bertz CT molecular complexity index is 561. The highest BCUT2D eigenvalue weighted by Gasteiger charge is 2.32. The summed E-state index contributed by atoms with van der Waals surface area (Å²) in [7, 11) is 2.06. The van der Waals surface area contributed by atoms with Crippen LogP contribution in [0, 0.1) is 0 Å². The lowest BCUT2D eigenvalue weighted by Crippen LogP contribution is -2.28. The number of aromatic nitrogens is 3. The number of fused-ring (bicyclic) bond motifs is 1. The van der Waals surface area contributed by atoms with Crippen LogP contribution < -0.4 is 5.32 Å². The van der Waals surface area contributed by atoms with E-state index in [0.29, 0.717) is 12.0 Å². The molecule has 2 aromatic heterocycles. The van der Waals surface area contributed by atoms with Gasteiger partial charge >= 0.3 is 0 Å². The first kappa shape index (κ1) is 12.4. The summed E-state index contributed by atoms with van der Waals surface area (Å²) in [6.07, 6.45) is 8.04. The minimum absolute atomic E-state index is 0.300. The van der Waals surface area contributed by atoms with Crippen molar-refractivity contribution in [2.75, 3.05) is 6.54 Å². The largest absolute Gasteiger partial charge is 0.336 e. The molecular weight excluding hydrogens is 236 g/mol. The number of imidazole rings is 1. The van der Waals surface area contributed by atoms with Gasteiger partial charge < -0.3 is 9.88 Å². The Balaban J connectivity index is 1.96. The van der Waals surface area contributed by atoms with Gasteiger partial charge in [0.2, 0.25) is 0 Å². The van der Waals surface area contributed by atoms with Crippen LogP contribution in [0.2, 0.25) is 0 Å². The van der Waals surface area contributed by atoms with Crippen molar-refractivity contribution in [2.24, 2.45) is 7.05 Å². The van der Waals surface area contributed by atoms with Crippen LogP contribution in [-0.4, -0.2) is 21.1 Å². The van der Waals surface area contributed by atoms with Crippen LogP contribution in [-0.2, 0) is 13.5 Å². The molecule has 4 nitrogen and oxygen atoms in total. The van der Waals surface area contributed by atoms with E-state index in [2.05, 4.69) is 39.9 Å². The number of pyridine rings is 1. The van der Waals surface area contributed by atoms with E-state index < -0.39 is 0 Å². The number of nitrogens with one attached hydrogen (secondary N) is 1. The molecule has 4 heteroatoms. The van der Waals surface area contributed by atoms with Gasteiger partial charge in [-0.3, -0.25) is 4.98 Å². The first-order valence-electron chi connectivity index (χ1n) is 6.94. The van der Waals surface area contributed by atoms with E-state index >= 15 is 0 Å². The molecule has 0 aromatic carbocycles. The van der Waals surface area contributed by atoms with Gasteiger partial charge in [-0.15, -0.1) is 0 Å². The Morgan fingerprint density at radius 2 is 2.42 bits per heavy atom. The van der Waals surface area contributed by atoms with Crippen LogP contribution in [0.15, 0.2) is 30.9 Å². The fourth-order valence-corrected chi connectivity index (χ4v) is 3.11. The molecule has 2 aromatic rings. The van der Waals surface area contributed by atoms with Crippen LogP contribution in [0.25, 0.3) is 0 Å². The van der Waals surface area contributed by atoms with Crippen molar-refractivity contribution < 1.29 is 0 Å². The SMILES string of the molecule is CCNC(c1cncn1C)C1CCc2cccnc21. The zero-order chi connectivity index (χ0) is 13.2. The van der Waals surface area contributed by atoms with Crippen molar-refractivity contribution in [1.29, 1.82) is 0 Å². The lowest BCUT2D eigenvalue weighted by molar-refractivity contribution is 0.429. The molecule has 0 radical (unpaired) electrons. The predicted molar refractivity (Wildman–Crippen MR) is 74.9 cm³/mol. The summed E-state index contributed by atoms with van der Waals surface area (Å²) in [5.41, 5.74) is 3.90. The van der Waals surface area contributed by atoms with Crippen LogP contribution >= 0.6 is 0 Å². The Morgan fingerprint density at radius 3 is 3.16 bits per heavy atom.